The molecule has 1 unspecified atom stereocenters. The summed E-state index contributed by atoms with van der Waals surface area (Å²) in [5, 5.41) is 6.34. The maximum Gasteiger partial charge on any atom is 0.281 e. The van der Waals surface area contributed by atoms with Crippen LogP contribution in [0.25, 0.3) is 0 Å². The molecule has 3 heterocycles. The lowest BCUT2D eigenvalue weighted by molar-refractivity contribution is -0.121. The minimum Gasteiger partial charge on any atom is -0.384 e. The van der Waals surface area contributed by atoms with E-state index >= 15 is 0 Å². The van der Waals surface area contributed by atoms with Gasteiger partial charge in [-0.05, 0) is 43.7 Å². The monoisotopic (exact) mass is 408 g/mol. The smallest absolute Gasteiger partial charge is 0.281 e. The first kappa shape index (κ1) is 19.6. The zero-order valence-corrected chi connectivity index (χ0v) is 17.0. The molecule has 8 nitrogen and oxygen atoms in total. The number of fused-ring (bicyclic) bond motifs is 1. The van der Waals surface area contributed by atoms with Gasteiger partial charge < -0.3 is 15.4 Å². The standard InChI is InChI=1S/C19H28N4O4S/c1-27-14-15-5-4-10-23(13-15)28(25,26)22-11-8-19(9-12-22)18(24)20-16-6-2-3-7-17(16)21-19/h2-3,6-7,15,21H,4-5,8-14H2,1H3,(H,20,24). The van der Waals surface area contributed by atoms with Crippen molar-refractivity contribution in [3.63, 3.8) is 0 Å². The zero-order chi connectivity index (χ0) is 19.8. The number of ether oxygens (including phenoxy) is 1. The molecule has 1 aromatic rings. The highest BCUT2D eigenvalue weighted by Gasteiger charge is 2.47. The molecule has 1 spiro atoms. The Hall–Kier alpha value is -1.68. The van der Waals surface area contributed by atoms with Crippen molar-refractivity contribution in [2.75, 3.05) is 50.5 Å². The number of hydrogen-bond donors (Lipinski definition) is 2. The van der Waals surface area contributed by atoms with Crippen molar-refractivity contribution in [3.05, 3.63) is 24.3 Å². The quantitative estimate of drug-likeness (QED) is 0.788. The van der Waals surface area contributed by atoms with Crippen LogP contribution in [0.3, 0.4) is 0 Å². The van der Waals surface area contributed by atoms with E-state index in [1.54, 1.807) is 11.4 Å². The van der Waals surface area contributed by atoms with E-state index in [-0.39, 0.29) is 11.8 Å². The molecule has 2 N–H and O–H groups in total. The number of nitrogens with one attached hydrogen (secondary N) is 2. The largest absolute Gasteiger partial charge is 0.384 e. The second kappa shape index (κ2) is 7.62. The molecule has 1 atom stereocenters. The second-order valence-corrected chi connectivity index (χ2v) is 9.86. The number of piperidine rings is 2. The Bertz CT molecular complexity index is 834. The lowest BCUT2D eigenvalue weighted by atomic mass is 9.85. The molecule has 2 fully saturated rings. The molecule has 0 radical (unpaired) electrons. The summed E-state index contributed by atoms with van der Waals surface area (Å²) in [6.07, 6.45) is 2.74. The van der Waals surface area contributed by atoms with Crippen LogP contribution >= 0.6 is 0 Å². The number of carbonyl (C=O) groups excluding carboxylic acids is 1. The van der Waals surface area contributed by atoms with Crippen molar-refractivity contribution in [2.24, 2.45) is 5.92 Å². The first-order valence-corrected chi connectivity index (χ1v) is 11.3. The summed E-state index contributed by atoms with van der Waals surface area (Å²) in [6, 6.07) is 7.59. The molecule has 2 saturated heterocycles. The fourth-order valence-electron chi connectivity index (χ4n) is 4.48. The number of hydrogen-bond acceptors (Lipinski definition) is 5. The van der Waals surface area contributed by atoms with Crippen LogP contribution in [0.2, 0.25) is 0 Å². The highest BCUT2D eigenvalue weighted by Crippen LogP contribution is 2.37. The molecule has 0 aliphatic carbocycles. The summed E-state index contributed by atoms with van der Waals surface area (Å²) < 4.78 is 34.6. The average Bonchev–Trinajstić information content (AvgIpc) is 2.70. The third-order valence-electron chi connectivity index (χ3n) is 6.10. The molecule has 3 aliphatic rings. The summed E-state index contributed by atoms with van der Waals surface area (Å²) in [7, 11) is -1.87. The number of methoxy groups -OCH3 is 1. The van der Waals surface area contributed by atoms with E-state index in [2.05, 4.69) is 10.6 Å². The first-order chi connectivity index (χ1) is 13.4. The van der Waals surface area contributed by atoms with Crippen LogP contribution in [-0.4, -0.2) is 68.4 Å². The third-order valence-corrected chi connectivity index (χ3v) is 8.10. The predicted octanol–water partition coefficient (Wildman–Crippen LogP) is 1.49. The van der Waals surface area contributed by atoms with Crippen LogP contribution in [0.5, 0.6) is 0 Å². The van der Waals surface area contributed by atoms with Crippen LogP contribution in [0.15, 0.2) is 24.3 Å². The Kier molecular flexibility index (Phi) is 5.34. The van der Waals surface area contributed by atoms with Gasteiger partial charge in [-0.3, -0.25) is 4.79 Å². The molecular formula is C19H28N4O4S. The van der Waals surface area contributed by atoms with Crippen molar-refractivity contribution in [3.8, 4) is 0 Å². The van der Waals surface area contributed by atoms with E-state index in [1.807, 2.05) is 24.3 Å². The van der Waals surface area contributed by atoms with Crippen LogP contribution in [0.4, 0.5) is 11.4 Å². The molecular weight excluding hydrogens is 380 g/mol. The molecule has 9 heteroatoms. The highest BCUT2D eigenvalue weighted by molar-refractivity contribution is 7.86. The summed E-state index contributed by atoms with van der Waals surface area (Å²) in [5.41, 5.74) is 0.906. The Morgan fingerprint density at radius 1 is 1.14 bits per heavy atom. The Morgan fingerprint density at radius 3 is 2.57 bits per heavy atom. The number of rotatable bonds is 4. The number of benzene rings is 1. The minimum atomic E-state index is -3.52. The SMILES string of the molecule is COCC1CCCN(S(=O)(=O)N2CCC3(CC2)Nc2ccccc2NC3=O)C1. The van der Waals surface area contributed by atoms with Crippen LogP contribution in [0, 0.1) is 5.92 Å². The highest BCUT2D eigenvalue weighted by atomic mass is 32.2. The van der Waals surface area contributed by atoms with E-state index in [4.69, 9.17) is 4.74 Å². The summed E-state index contributed by atoms with van der Waals surface area (Å²) in [4.78, 5) is 12.7. The number of nitrogens with zero attached hydrogens (tertiary/aromatic N) is 2. The molecule has 0 aromatic heterocycles. The fraction of sp³-hybridized carbons (Fsp3) is 0.632. The zero-order valence-electron chi connectivity index (χ0n) is 16.2. The molecule has 0 saturated carbocycles. The van der Waals surface area contributed by atoms with E-state index < -0.39 is 15.7 Å². The van der Waals surface area contributed by atoms with Gasteiger partial charge in [0.05, 0.1) is 18.0 Å². The topological polar surface area (TPSA) is 91.0 Å². The van der Waals surface area contributed by atoms with Crippen molar-refractivity contribution in [1.82, 2.24) is 8.61 Å². The number of carbonyl (C=O) groups is 1. The maximum absolute atomic E-state index is 13.1. The van der Waals surface area contributed by atoms with Crippen LogP contribution in [0.1, 0.15) is 25.7 Å². The normalized spacial score (nSPS) is 25.8. The lowest BCUT2D eigenvalue weighted by Crippen LogP contribution is -2.60. The third kappa shape index (κ3) is 3.52. The molecule has 154 valence electrons. The molecule has 3 aliphatic heterocycles. The summed E-state index contributed by atoms with van der Waals surface area (Å²) in [6.45, 7) is 2.30. The lowest BCUT2D eigenvalue weighted by Gasteiger charge is -2.45. The van der Waals surface area contributed by atoms with Crippen LogP contribution in [-0.2, 0) is 19.7 Å². The van der Waals surface area contributed by atoms with E-state index in [1.165, 1.54) is 4.31 Å². The van der Waals surface area contributed by atoms with Gasteiger partial charge in [0, 0.05) is 33.3 Å². The van der Waals surface area contributed by atoms with Gasteiger partial charge in [0.2, 0.25) is 5.91 Å². The fourth-order valence-corrected chi connectivity index (χ4v) is 6.21. The van der Waals surface area contributed by atoms with Gasteiger partial charge in [-0.2, -0.15) is 17.0 Å². The molecule has 0 bridgehead atoms. The van der Waals surface area contributed by atoms with Gasteiger partial charge in [0.25, 0.3) is 10.2 Å². The Morgan fingerprint density at radius 2 is 1.86 bits per heavy atom. The molecule has 4 rings (SSSR count). The van der Waals surface area contributed by atoms with Crippen molar-refractivity contribution in [2.45, 2.75) is 31.2 Å². The molecule has 1 aromatic carbocycles. The van der Waals surface area contributed by atoms with E-state index in [9.17, 15) is 13.2 Å². The van der Waals surface area contributed by atoms with Gasteiger partial charge in [-0.1, -0.05) is 12.1 Å². The van der Waals surface area contributed by atoms with Gasteiger partial charge in [0.15, 0.2) is 0 Å². The summed E-state index contributed by atoms with van der Waals surface area (Å²) in [5.74, 6) is 0.160. The number of amides is 1. The van der Waals surface area contributed by atoms with Gasteiger partial charge in [-0.25, -0.2) is 0 Å². The number of anilines is 2. The van der Waals surface area contributed by atoms with Crippen molar-refractivity contribution < 1.29 is 17.9 Å². The predicted molar refractivity (Wildman–Crippen MR) is 107 cm³/mol. The molecule has 28 heavy (non-hydrogen) atoms. The van der Waals surface area contributed by atoms with Gasteiger partial charge in [-0.15, -0.1) is 0 Å². The van der Waals surface area contributed by atoms with E-state index in [0.717, 1.165) is 24.2 Å². The molecule has 1 amide bonds. The Labute approximate surface area is 166 Å². The maximum atomic E-state index is 13.1. The summed E-state index contributed by atoms with van der Waals surface area (Å²) >= 11 is 0. The van der Waals surface area contributed by atoms with Gasteiger partial charge in [0.1, 0.15) is 5.54 Å². The van der Waals surface area contributed by atoms with Gasteiger partial charge >= 0.3 is 0 Å². The van der Waals surface area contributed by atoms with Crippen molar-refractivity contribution in [1.29, 1.82) is 0 Å². The minimum absolute atomic E-state index is 0.0821. The Balaban J connectivity index is 1.44. The number of para-hydroxylation sites is 2. The first-order valence-electron chi connectivity index (χ1n) is 9.87. The average molecular weight is 409 g/mol. The second-order valence-electron chi connectivity index (χ2n) is 7.94. The van der Waals surface area contributed by atoms with Crippen molar-refractivity contribution >= 4 is 27.5 Å². The van der Waals surface area contributed by atoms with Crippen LogP contribution < -0.4 is 10.6 Å². The van der Waals surface area contributed by atoms with E-state index in [0.29, 0.717) is 45.6 Å².